The van der Waals surface area contributed by atoms with E-state index >= 15 is 0 Å². The van der Waals surface area contributed by atoms with Gasteiger partial charge in [-0.15, -0.1) is 0 Å². The highest BCUT2D eigenvalue weighted by Crippen LogP contribution is 2.37. The van der Waals surface area contributed by atoms with Gasteiger partial charge in [-0.25, -0.2) is 9.59 Å². The minimum Gasteiger partial charge on any atom is -0.454 e. The number of hydrogen-bond donors (Lipinski definition) is 1. The molecule has 4 aromatic rings. The van der Waals surface area contributed by atoms with Crippen LogP contribution in [-0.4, -0.2) is 31.3 Å². The smallest absolute Gasteiger partial charge is 0.416 e. The van der Waals surface area contributed by atoms with Gasteiger partial charge in [0.05, 0.1) is 60.9 Å². The van der Waals surface area contributed by atoms with Crippen molar-refractivity contribution in [2.45, 2.75) is 38.5 Å². The summed E-state index contributed by atoms with van der Waals surface area (Å²) in [5, 5.41) is 12.0. The number of anilines is 1. The van der Waals surface area contributed by atoms with Crippen LogP contribution in [0, 0.1) is 11.3 Å². The third-order valence-electron chi connectivity index (χ3n) is 7.61. The number of allylic oxidation sites excluding steroid dienone is 1. The Balaban J connectivity index is 1.46. The Labute approximate surface area is 276 Å². The molecule has 8 nitrogen and oxygen atoms in total. The SMILES string of the molecule is CC1=C(C(=O)OC(COCc2ccccc2)COCc2ccccc2)C(c2ccc(C#N)cc2)NC(=O)N1c1cccc(C(F)(F)F)c1. The fraction of sp³-hybridized carbons (Fsp3) is 0.216. The van der Waals surface area contributed by atoms with E-state index in [1.807, 2.05) is 66.7 Å². The number of halogens is 3. The maximum Gasteiger partial charge on any atom is 0.416 e. The van der Waals surface area contributed by atoms with Crippen LogP contribution >= 0.6 is 0 Å². The molecule has 1 heterocycles. The molecule has 1 N–H and O–H groups in total. The normalized spacial score (nSPS) is 14.9. The molecule has 0 bridgehead atoms. The molecule has 0 aromatic heterocycles. The molecule has 2 amide bonds. The molecule has 48 heavy (non-hydrogen) atoms. The van der Waals surface area contributed by atoms with E-state index in [1.54, 1.807) is 12.1 Å². The van der Waals surface area contributed by atoms with E-state index in [0.717, 1.165) is 28.2 Å². The lowest BCUT2D eigenvalue weighted by Crippen LogP contribution is -2.48. The lowest BCUT2D eigenvalue weighted by atomic mass is 9.94. The number of nitrogens with zero attached hydrogens (tertiary/aromatic N) is 2. The van der Waals surface area contributed by atoms with Crippen LogP contribution in [0.4, 0.5) is 23.7 Å². The van der Waals surface area contributed by atoms with E-state index in [-0.39, 0.29) is 43.4 Å². The van der Waals surface area contributed by atoms with Gasteiger partial charge in [-0.1, -0.05) is 78.9 Å². The van der Waals surface area contributed by atoms with Gasteiger partial charge in [0.15, 0.2) is 0 Å². The quantitative estimate of drug-likeness (QED) is 0.159. The molecule has 1 aliphatic heterocycles. The summed E-state index contributed by atoms with van der Waals surface area (Å²) in [5.41, 5.74) is 1.69. The van der Waals surface area contributed by atoms with Crippen molar-refractivity contribution in [3.05, 3.63) is 148 Å². The number of nitrogens with one attached hydrogen (secondary N) is 1. The molecule has 0 radical (unpaired) electrons. The van der Waals surface area contributed by atoms with Gasteiger partial charge in [0, 0.05) is 5.70 Å². The Morgan fingerprint density at radius 1 is 0.875 bits per heavy atom. The van der Waals surface area contributed by atoms with Crippen LogP contribution in [0.2, 0.25) is 0 Å². The zero-order valence-electron chi connectivity index (χ0n) is 25.9. The number of nitriles is 1. The molecule has 0 fully saturated rings. The van der Waals surface area contributed by atoms with Gasteiger partial charge in [0.25, 0.3) is 0 Å². The van der Waals surface area contributed by atoms with E-state index < -0.39 is 35.9 Å². The second kappa shape index (κ2) is 15.4. The fourth-order valence-corrected chi connectivity index (χ4v) is 5.24. The summed E-state index contributed by atoms with van der Waals surface area (Å²) in [5.74, 6) is -0.824. The number of esters is 1. The first-order chi connectivity index (χ1) is 23.1. The first-order valence-corrected chi connectivity index (χ1v) is 15.1. The zero-order chi connectivity index (χ0) is 34.1. The summed E-state index contributed by atoms with van der Waals surface area (Å²) in [6.45, 7) is 1.93. The highest BCUT2D eigenvalue weighted by Gasteiger charge is 2.39. The van der Waals surface area contributed by atoms with Crippen LogP contribution in [0.25, 0.3) is 0 Å². The maximum atomic E-state index is 14.1. The third kappa shape index (κ3) is 8.47. The summed E-state index contributed by atoms with van der Waals surface area (Å²) >= 11 is 0. The number of rotatable bonds is 12. The van der Waals surface area contributed by atoms with Gasteiger partial charge in [0.2, 0.25) is 0 Å². The zero-order valence-corrected chi connectivity index (χ0v) is 25.9. The van der Waals surface area contributed by atoms with Crippen molar-refractivity contribution in [2.75, 3.05) is 18.1 Å². The molecular formula is C37H32F3N3O5. The topological polar surface area (TPSA) is 101 Å². The van der Waals surface area contributed by atoms with E-state index in [9.17, 15) is 28.0 Å². The number of ether oxygens (including phenoxy) is 3. The first-order valence-electron chi connectivity index (χ1n) is 15.1. The molecule has 4 aromatic carbocycles. The van der Waals surface area contributed by atoms with Crippen molar-refractivity contribution in [3.8, 4) is 6.07 Å². The number of amides is 2. The molecule has 5 rings (SSSR count). The van der Waals surface area contributed by atoms with Gasteiger partial charge in [-0.3, -0.25) is 4.90 Å². The Morgan fingerprint density at radius 2 is 1.46 bits per heavy atom. The lowest BCUT2D eigenvalue weighted by molar-refractivity contribution is -0.152. The molecule has 11 heteroatoms. The van der Waals surface area contributed by atoms with Crippen LogP contribution in [0.15, 0.2) is 120 Å². The van der Waals surface area contributed by atoms with Gasteiger partial charge < -0.3 is 19.5 Å². The number of hydrogen-bond acceptors (Lipinski definition) is 6. The first kappa shape index (κ1) is 33.9. The maximum absolute atomic E-state index is 14.1. The molecule has 1 atom stereocenters. The van der Waals surface area contributed by atoms with Crippen LogP contribution < -0.4 is 10.2 Å². The predicted molar refractivity (Wildman–Crippen MR) is 171 cm³/mol. The van der Waals surface area contributed by atoms with Crippen LogP contribution in [0.1, 0.15) is 40.8 Å². The summed E-state index contributed by atoms with van der Waals surface area (Å²) in [6, 6.07) is 29.7. The molecular weight excluding hydrogens is 623 g/mol. The highest BCUT2D eigenvalue weighted by molar-refractivity contribution is 6.03. The van der Waals surface area contributed by atoms with Crippen molar-refractivity contribution in [2.24, 2.45) is 0 Å². The second-order valence-electron chi connectivity index (χ2n) is 11.0. The molecule has 1 aliphatic rings. The molecule has 1 unspecified atom stereocenters. The van der Waals surface area contributed by atoms with Crippen molar-refractivity contribution in [1.29, 1.82) is 5.26 Å². The average Bonchev–Trinajstić information content (AvgIpc) is 3.08. The van der Waals surface area contributed by atoms with Gasteiger partial charge in [-0.05, 0) is 53.9 Å². The molecule has 0 saturated carbocycles. The highest BCUT2D eigenvalue weighted by atomic mass is 19.4. The fourth-order valence-electron chi connectivity index (χ4n) is 5.24. The minimum atomic E-state index is -4.65. The summed E-state index contributed by atoms with van der Waals surface area (Å²) in [4.78, 5) is 28.6. The standard InChI is InChI=1S/C37H32F3N3O5/c1-25-33(35(44)48-32(23-46-21-27-9-4-2-5-10-27)24-47-22-28-11-6-3-7-12-28)34(29-17-15-26(20-41)16-18-29)42-36(45)43(25)31-14-8-13-30(19-31)37(38,39)40/h2-19,32,34H,21-24H2,1H3,(H,42,45). The molecule has 0 spiro atoms. The number of benzene rings is 4. The monoisotopic (exact) mass is 655 g/mol. The summed E-state index contributed by atoms with van der Waals surface area (Å²) in [6.07, 6.45) is -5.54. The number of alkyl halides is 3. The van der Waals surface area contributed by atoms with Crippen molar-refractivity contribution in [1.82, 2.24) is 5.32 Å². The van der Waals surface area contributed by atoms with Gasteiger partial charge in [-0.2, -0.15) is 18.4 Å². The van der Waals surface area contributed by atoms with E-state index in [2.05, 4.69) is 5.32 Å². The predicted octanol–water partition coefficient (Wildman–Crippen LogP) is 7.47. The van der Waals surface area contributed by atoms with E-state index in [4.69, 9.17) is 14.2 Å². The lowest BCUT2D eigenvalue weighted by Gasteiger charge is -2.36. The van der Waals surface area contributed by atoms with Crippen LogP contribution in [-0.2, 0) is 38.4 Å². The second-order valence-corrected chi connectivity index (χ2v) is 11.0. The summed E-state index contributed by atoms with van der Waals surface area (Å²) in [7, 11) is 0. The Kier molecular flexibility index (Phi) is 10.9. The molecule has 246 valence electrons. The number of urea groups is 1. The third-order valence-corrected chi connectivity index (χ3v) is 7.61. The van der Waals surface area contributed by atoms with Gasteiger partial charge in [0.1, 0.15) is 6.10 Å². The van der Waals surface area contributed by atoms with Crippen molar-refractivity contribution >= 4 is 17.7 Å². The largest absolute Gasteiger partial charge is 0.454 e. The Bertz CT molecular complexity index is 1740. The molecule has 0 aliphatic carbocycles. The Morgan fingerprint density at radius 3 is 2.00 bits per heavy atom. The van der Waals surface area contributed by atoms with Crippen molar-refractivity contribution < 1.29 is 37.0 Å². The number of carbonyl (C=O) groups excluding carboxylic acids is 2. The van der Waals surface area contributed by atoms with Crippen LogP contribution in [0.3, 0.4) is 0 Å². The molecule has 0 saturated heterocycles. The number of carbonyl (C=O) groups is 2. The summed E-state index contributed by atoms with van der Waals surface area (Å²) < 4.78 is 58.5. The van der Waals surface area contributed by atoms with E-state index in [0.29, 0.717) is 11.1 Å². The van der Waals surface area contributed by atoms with Crippen molar-refractivity contribution in [3.63, 3.8) is 0 Å². The average molecular weight is 656 g/mol. The van der Waals surface area contributed by atoms with Crippen LogP contribution in [0.5, 0.6) is 0 Å². The minimum absolute atomic E-state index is 0.00663. The Hall–Kier alpha value is -5.44. The van der Waals surface area contributed by atoms with E-state index in [1.165, 1.54) is 31.2 Å². The van der Waals surface area contributed by atoms with Gasteiger partial charge >= 0.3 is 18.2 Å².